The van der Waals surface area contributed by atoms with Gasteiger partial charge >= 0.3 is 0 Å². The van der Waals surface area contributed by atoms with Crippen LogP contribution in [-0.2, 0) is 0 Å². The fraction of sp³-hybridized carbons (Fsp3) is 0.952. The van der Waals surface area contributed by atoms with E-state index in [9.17, 15) is 0 Å². The molecular weight excluding hydrogens is 252 g/mol. The van der Waals surface area contributed by atoms with Crippen LogP contribution in [0.3, 0.4) is 0 Å². The van der Waals surface area contributed by atoms with Crippen LogP contribution in [0.1, 0.15) is 118 Å². The summed E-state index contributed by atoms with van der Waals surface area (Å²) in [5.41, 5.74) is 0. The van der Waals surface area contributed by atoms with E-state index in [-0.39, 0.29) is 0 Å². The molecule has 0 amide bonds. The second-order valence-corrected chi connectivity index (χ2v) is 6.96. The minimum Gasteiger partial charge on any atom is -0.0654 e. The lowest BCUT2D eigenvalue weighted by atomic mass is 9.83. The molecule has 127 valence electrons. The summed E-state index contributed by atoms with van der Waals surface area (Å²) in [6.45, 7) is 9.34. The molecule has 0 rings (SSSR count). The summed E-state index contributed by atoms with van der Waals surface area (Å²) in [6.07, 6.45) is 22.6. The molecule has 0 aromatic rings. The van der Waals surface area contributed by atoms with Crippen molar-refractivity contribution < 1.29 is 0 Å². The zero-order chi connectivity index (χ0) is 15.8. The van der Waals surface area contributed by atoms with E-state index in [1.54, 1.807) is 0 Å². The van der Waals surface area contributed by atoms with Crippen molar-refractivity contribution >= 4 is 0 Å². The molecule has 1 radical (unpaired) electrons. The van der Waals surface area contributed by atoms with Crippen molar-refractivity contribution in [2.24, 2.45) is 11.8 Å². The van der Waals surface area contributed by atoms with E-state index >= 15 is 0 Å². The van der Waals surface area contributed by atoms with Crippen molar-refractivity contribution in [3.05, 3.63) is 6.42 Å². The third-order valence-corrected chi connectivity index (χ3v) is 4.84. The van der Waals surface area contributed by atoms with Gasteiger partial charge in [0.25, 0.3) is 0 Å². The van der Waals surface area contributed by atoms with E-state index in [1.165, 1.54) is 89.9 Å². The van der Waals surface area contributed by atoms with Gasteiger partial charge in [-0.1, -0.05) is 118 Å². The highest BCUT2D eigenvalue weighted by Gasteiger charge is 2.14. The Hall–Kier alpha value is 0. The van der Waals surface area contributed by atoms with Gasteiger partial charge < -0.3 is 0 Å². The Balaban J connectivity index is 3.89. The van der Waals surface area contributed by atoms with Crippen LogP contribution < -0.4 is 0 Å². The zero-order valence-electron chi connectivity index (χ0n) is 15.6. The van der Waals surface area contributed by atoms with Gasteiger partial charge in [0.05, 0.1) is 0 Å². The molecule has 0 aromatic carbocycles. The Kier molecular flexibility index (Phi) is 16.4. The minimum absolute atomic E-state index is 0.883. The van der Waals surface area contributed by atoms with Gasteiger partial charge in [0.1, 0.15) is 0 Å². The summed E-state index contributed by atoms with van der Waals surface area (Å²) in [5.74, 6) is 1.78. The normalized spacial score (nSPS) is 14.3. The largest absolute Gasteiger partial charge is 0.0654 e. The van der Waals surface area contributed by atoms with Crippen molar-refractivity contribution in [3.63, 3.8) is 0 Å². The molecule has 0 heterocycles. The molecule has 2 unspecified atom stereocenters. The Morgan fingerprint density at radius 1 is 0.524 bits per heavy atom. The zero-order valence-corrected chi connectivity index (χ0v) is 15.6. The fourth-order valence-electron chi connectivity index (χ4n) is 3.37. The Morgan fingerprint density at radius 2 is 1.05 bits per heavy atom. The Bertz CT molecular complexity index is 184. The summed E-state index contributed by atoms with van der Waals surface area (Å²) >= 11 is 0. The standard InChI is InChI=1S/C21H43/c1-5-9-11-13-15-18-21(16-7-3)19-20(8-4)17-14-12-10-6-2/h19-21H,5-18H2,1-4H3. The van der Waals surface area contributed by atoms with Gasteiger partial charge in [-0.3, -0.25) is 0 Å². The van der Waals surface area contributed by atoms with Crippen LogP contribution in [0.5, 0.6) is 0 Å². The third-order valence-electron chi connectivity index (χ3n) is 4.84. The lowest BCUT2D eigenvalue weighted by Crippen LogP contribution is -2.10. The van der Waals surface area contributed by atoms with E-state index in [2.05, 4.69) is 34.1 Å². The molecule has 0 saturated carbocycles. The van der Waals surface area contributed by atoms with Crippen LogP contribution >= 0.6 is 0 Å². The SMILES string of the molecule is CCCCCCCC([CH]C(CC)CCCCCC)CCC. The highest BCUT2D eigenvalue weighted by atomic mass is 14.2. The first-order valence-corrected chi connectivity index (χ1v) is 10.1. The molecule has 0 aliphatic heterocycles. The monoisotopic (exact) mass is 295 g/mol. The van der Waals surface area contributed by atoms with E-state index in [4.69, 9.17) is 0 Å². The molecule has 0 heteroatoms. The molecular formula is C21H43. The second kappa shape index (κ2) is 16.4. The van der Waals surface area contributed by atoms with Crippen LogP contribution in [0.2, 0.25) is 0 Å². The first-order valence-electron chi connectivity index (χ1n) is 10.1. The number of hydrogen-bond acceptors (Lipinski definition) is 0. The highest BCUT2D eigenvalue weighted by Crippen LogP contribution is 2.27. The fourth-order valence-corrected chi connectivity index (χ4v) is 3.37. The predicted octanol–water partition coefficient (Wildman–Crippen LogP) is 7.96. The molecule has 2 atom stereocenters. The average molecular weight is 296 g/mol. The highest BCUT2D eigenvalue weighted by molar-refractivity contribution is 4.83. The smallest absolute Gasteiger partial charge is 0.0324 e. The van der Waals surface area contributed by atoms with Crippen molar-refractivity contribution in [3.8, 4) is 0 Å². The number of rotatable bonds is 16. The maximum Gasteiger partial charge on any atom is -0.0324 e. The van der Waals surface area contributed by atoms with Crippen molar-refractivity contribution in [1.29, 1.82) is 0 Å². The lowest BCUT2D eigenvalue weighted by molar-refractivity contribution is 0.388. The minimum atomic E-state index is 0.883. The van der Waals surface area contributed by atoms with Gasteiger partial charge in [0.2, 0.25) is 0 Å². The van der Waals surface area contributed by atoms with Gasteiger partial charge in [-0.25, -0.2) is 0 Å². The van der Waals surface area contributed by atoms with Crippen LogP contribution in [0, 0.1) is 18.3 Å². The van der Waals surface area contributed by atoms with Crippen LogP contribution in [-0.4, -0.2) is 0 Å². The third kappa shape index (κ3) is 13.4. The molecule has 0 fully saturated rings. The summed E-state index contributed by atoms with van der Waals surface area (Å²) in [7, 11) is 0. The van der Waals surface area contributed by atoms with Crippen LogP contribution in [0.15, 0.2) is 0 Å². The van der Waals surface area contributed by atoms with Crippen LogP contribution in [0.25, 0.3) is 0 Å². The van der Waals surface area contributed by atoms with E-state index in [0.717, 1.165) is 11.8 Å². The lowest BCUT2D eigenvalue weighted by Gasteiger charge is -2.22. The van der Waals surface area contributed by atoms with Crippen molar-refractivity contribution in [1.82, 2.24) is 0 Å². The second-order valence-electron chi connectivity index (χ2n) is 6.96. The quantitative estimate of drug-likeness (QED) is 0.253. The summed E-state index contributed by atoms with van der Waals surface area (Å²) < 4.78 is 0. The summed E-state index contributed by atoms with van der Waals surface area (Å²) in [5, 5.41) is 0. The average Bonchev–Trinajstić information content (AvgIpc) is 2.50. The maximum absolute atomic E-state index is 2.75. The molecule has 0 aromatic heterocycles. The molecule has 0 nitrogen and oxygen atoms in total. The molecule has 0 aliphatic carbocycles. The predicted molar refractivity (Wildman–Crippen MR) is 98.6 cm³/mol. The van der Waals surface area contributed by atoms with E-state index in [1.807, 2.05) is 0 Å². The molecule has 0 saturated heterocycles. The summed E-state index contributed by atoms with van der Waals surface area (Å²) in [6, 6.07) is 0. The van der Waals surface area contributed by atoms with Crippen molar-refractivity contribution in [2.45, 2.75) is 118 Å². The molecule has 0 bridgehead atoms. The van der Waals surface area contributed by atoms with Gasteiger partial charge in [0, 0.05) is 0 Å². The van der Waals surface area contributed by atoms with E-state index < -0.39 is 0 Å². The topological polar surface area (TPSA) is 0 Å². The van der Waals surface area contributed by atoms with Gasteiger partial charge in [-0.2, -0.15) is 0 Å². The van der Waals surface area contributed by atoms with Gasteiger partial charge in [-0.05, 0) is 18.3 Å². The first kappa shape index (κ1) is 21.0. The van der Waals surface area contributed by atoms with Crippen LogP contribution in [0.4, 0.5) is 0 Å². The van der Waals surface area contributed by atoms with Gasteiger partial charge in [-0.15, -0.1) is 0 Å². The first-order chi connectivity index (χ1) is 10.3. The maximum atomic E-state index is 2.75. The number of hydrogen-bond donors (Lipinski definition) is 0. The molecule has 0 N–H and O–H groups in total. The molecule has 0 spiro atoms. The van der Waals surface area contributed by atoms with E-state index in [0.29, 0.717) is 0 Å². The van der Waals surface area contributed by atoms with Crippen molar-refractivity contribution in [2.75, 3.05) is 0 Å². The molecule has 0 aliphatic rings. The summed E-state index contributed by atoms with van der Waals surface area (Å²) in [4.78, 5) is 0. The molecule has 21 heavy (non-hydrogen) atoms. The number of unbranched alkanes of at least 4 members (excludes halogenated alkanes) is 7. The Labute approximate surface area is 136 Å². The Morgan fingerprint density at radius 3 is 1.57 bits per heavy atom. The van der Waals surface area contributed by atoms with Gasteiger partial charge in [0.15, 0.2) is 0 Å².